The minimum absolute atomic E-state index is 0.0229. The first kappa shape index (κ1) is 13.2. The lowest BCUT2D eigenvalue weighted by molar-refractivity contribution is 0.0589. The van der Waals surface area contributed by atoms with E-state index in [9.17, 15) is 13.6 Å². The molecule has 0 spiro atoms. The van der Waals surface area contributed by atoms with Gasteiger partial charge >= 0.3 is 5.97 Å². The number of hydrogen-bond acceptors (Lipinski definition) is 4. The van der Waals surface area contributed by atoms with E-state index in [0.717, 1.165) is 12.7 Å². The number of aromatic nitrogens is 1. The number of hydrogen-bond donors (Lipinski definition) is 1. The summed E-state index contributed by atoms with van der Waals surface area (Å²) in [4.78, 5) is 15.5. The summed E-state index contributed by atoms with van der Waals surface area (Å²) >= 11 is 0. The molecule has 0 aliphatic heterocycles. The molecule has 0 saturated heterocycles. The molecule has 100 valence electrons. The Labute approximate surface area is 108 Å². The van der Waals surface area contributed by atoms with Crippen LogP contribution in [0.3, 0.4) is 0 Å². The summed E-state index contributed by atoms with van der Waals surface area (Å²) < 4.78 is 30.5. The van der Waals surface area contributed by atoms with Crippen molar-refractivity contribution in [2.45, 2.75) is 13.3 Å². The van der Waals surface area contributed by atoms with Crippen LogP contribution in [0.2, 0.25) is 0 Å². The average molecular weight is 266 g/mol. The lowest BCUT2D eigenvalue weighted by Crippen LogP contribution is -2.13. The fraction of sp³-hybridized carbons (Fsp3) is 0.231. The summed E-state index contributed by atoms with van der Waals surface area (Å²) in [5.74, 6) is -0.912. The van der Waals surface area contributed by atoms with Gasteiger partial charge in [0.05, 0.1) is 18.3 Å². The highest BCUT2D eigenvalue weighted by Gasteiger charge is 2.26. The molecule has 0 amide bonds. The summed E-state index contributed by atoms with van der Waals surface area (Å²) in [6.07, 6.45) is -2.90. The van der Waals surface area contributed by atoms with Crippen molar-refractivity contribution in [2.75, 3.05) is 12.8 Å². The van der Waals surface area contributed by atoms with Gasteiger partial charge < -0.3 is 10.5 Å². The summed E-state index contributed by atoms with van der Waals surface area (Å²) in [6, 6.07) is 5.03. The van der Waals surface area contributed by atoms with Gasteiger partial charge in [0.25, 0.3) is 6.43 Å². The average Bonchev–Trinajstić information content (AvgIpc) is 2.37. The second-order valence-electron chi connectivity index (χ2n) is 4.05. The van der Waals surface area contributed by atoms with E-state index in [1.165, 1.54) is 0 Å². The molecular weight excluding hydrogens is 254 g/mol. The molecule has 0 aliphatic rings. The third kappa shape index (κ3) is 2.09. The van der Waals surface area contributed by atoms with E-state index in [2.05, 4.69) is 9.72 Å². The molecular formula is C13H12F2N2O2. The highest BCUT2D eigenvalue weighted by atomic mass is 19.3. The van der Waals surface area contributed by atoms with Gasteiger partial charge in [-0.1, -0.05) is 12.1 Å². The number of ether oxygens (including phenoxy) is 1. The van der Waals surface area contributed by atoms with Crippen LogP contribution in [0.1, 0.15) is 28.0 Å². The molecule has 19 heavy (non-hydrogen) atoms. The largest absolute Gasteiger partial charge is 0.465 e. The number of fused-ring (bicyclic) bond motifs is 1. The van der Waals surface area contributed by atoms with Gasteiger partial charge in [-0.25, -0.2) is 18.6 Å². The Morgan fingerprint density at radius 3 is 2.68 bits per heavy atom. The van der Waals surface area contributed by atoms with E-state index in [-0.39, 0.29) is 11.3 Å². The molecule has 6 heteroatoms. The van der Waals surface area contributed by atoms with Crippen molar-refractivity contribution in [1.82, 2.24) is 4.98 Å². The minimum atomic E-state index is -2.90. The minimum Gasteiger partial charge on any atom is -0.465 e. The van der Waals surface area contributed by atoms with E-state index in [1.807, 2.05) is 0 Å². The number of nitrogen functional groups attached to an aromatic ring is 1. The zero-order valence-electron chi connectivity index (χ0n) is 10.4. The molecule has 4 nitrogen and oxygen atoms in total. The maximum absolute atomic E-state index is 13.0. The lowest BCUT2D eigenvalue weighted by Gasteiger charge is -2.13. The SMILES string of the molecule is COC(=O)c1c(C(F)F)nc2cccc(C)c2c1N. The first-order valence-corrected chi connectivity index (χ1v) is 5.52. The fourth-order valence-electron chi connectivity index (χ4n) is 2.02. The van der Waals surface area contributed by atoms with Crippen LogP contribution in [-0.2, 0) is 4.74 Å². The first-order valence-electron chi connectivity index (χ1n) is 5.52. The number of nitrogens with zero attached hydrogens (tertiary/aromatic N) is 1. The van der Waals surface area contributed by atoms with Gasteiger partial charge in [-0.05, 0) is 18.6 Å². The number of carbonyl (C=O) groups excluding carboxylic acids is 1. The van der Waals surface area contributed by atoms with Gasteiger partial charge in [-0.15, -0.1) is 0 Å². The zero-order valence-corrected chi connectivity index (χ0v) is 10.4. The molecule has 0 atom stereocenters. The Bertz CT molecular complexity index is 657. The van der Waals surface area contributed by atoms with E-state index < -0.39 is 18.1 Å². The predicted molar refractivity (Wildman–Crippen MR) is 67.2 cm³/mol. The van der Waals surface area contributed by atoms with Crippen LogP contribution in [-0.4, -0.2) is 18.1 Å². The molecule has 1 heterocycles. The highest BCUT2D eigenvalue weighted by Crippen LogP contribution is 2.33. The third-order valence-electron chi connectivity index (χ3n) is 2.88. The first-order chi connectivity index (χ1) is 8.97. The van der Waals surface area contributed by atoms with Crippen LogP contribution in [0.5, 0.6) is 0 Å². The normalized spacial score (nSPS) is 11.0. The lowest BCUT2D eigenvalue weighted by atomic mass is 10.0. The molecule has 0 aliphatic carbocycles. The van der Waals surface area contributed by atoms with Crippen molar-refractivity contribution in [3.8, 4) is 0 Å². The second-order valence-corrected chi connectivity index (χ2v) is 4.05. The van der Waals surface area contributed by atoms with Gasteiger partial charge in [-0.2, -0.15) is 0 Å². The molecule has 2 N–H and O–H groups in total. The number of halogens is 2. The number of esters is 1. The van der Waals surface area contributed by atoms with Crippen molar-refractivity contribution in [3.05, 3.63) is 35.0 Å². The number of pyridine rings is 1. The monoisotopic (exact) mass is 266 g/mol. The van der Waals surface area contributed by atoms with Crippen molar-refractivity contribution in [2.24, 2.45) is 0 Å². The van der Waals surface area contributed by atoms with Crippen LogP contribution in [0.4, 0.5) is 14.5 Å². The van der Waals surface area contributed by atoms with Crippen LogP contribution in [0, 0.1) is 6.92 Å². The number of carbonyl (C=O) groups is 1. The molecule has 0 radical (unpaired) electrons. The molecule has 0 unspecified atom stereocenters. The maximum atomic E-state index is 13.0. The van der Waals surface area contributed by atoms with E-state index in [0.29, 0.717) is 10.9 Å². The Morgan fingerprint density at radius 2 is 2.11 bits per heavy atom. The van der Waals surface area contributed by atoms with E-state index in [4.69, 9.17) is 5.73 Å². The smallest absolute Gasteiger partial charge is 0.342 e. The van der Waals surface area contributed by atoms with Crippen molar-refractivity contribution in [3.63, 3.8) is 0 Å². The second kappa shape index (κ2) is 4.79. The number of benzene rings is 1. The van der Waals surface area contributed by atoms with Gasteiger partial charge in [-0.3, -0.25) is 0 Å². The number of rotatable bonds is 2. The highest BCUT2D eigenvalue weighted by molar-refractivity contribution is 6.06. The van der Waals surface area contributed by atoms with E-state index >= 15 is 0 Å². The quantitative estimate of drug-likeness (QED) is 0.849. The van der Waals surface area contributed by atoms with Gasteiger partial charge in [0.1, 0.15) is 11.3 Å². The maximum Gasteiger partial charge on any atom is 0.342 e. The summed E-state index contributed by atoms with van der Waals surface area (Å²) in [5.41, 5.74) is 5.92. The standard InChI is InChI=1S/C13H12F2N2O2/c1-6-4-3-5-7-8(6)10(16)9(13(18)19-2)11(17-7)12(14)15/h3-5,12H,1-2H3,(H2,16,17). The van der Waals surface area contributed by atoms with Gasteiger partial charge in [0.2, 0.25) is 0 Å². The van der Waals surface area contributed by atoms with Crippen LogP contribution in [0.25, 0.3) is 10.9 Å². The Hall–Kier alpha value is -2.24. The number of aryl methyl sites for hydroxylation is 1. The number of anilines is 1. The Balaban J connectivity index is 2.91. The Morgan fingerprint density at radius 1 is 1.42 bits per heavy atom. The topological polar surface area (TPSA) is 65.2 Å². The summed E-state index contributed by atoms with van der Waals surface area (Å²) in [6.45, 7) is 1.77. The zero-order chi connectivity index (χ0) is 14.2. The van der Waals surface area contributed by atoms with Gasteiger partial charge in [0.15, 0.2) is 0 Å². The van der Waals surface area contributed by atoms with Crippen LogP contribution < -0.4 is 5.73 Å². The summed E-state index contributed by atoms with van der Waals surface area (Å²) in [7, 11) is 1.11. The third-order valence-corrected chi connectivity index (χ3v) is 2.88. The van der Waals surface area contributed by atoms with Crippen LogP contribution in [0.15, 0.2) is 18.2 Å². The molecule has 0 saturated carbocycles. The number of nitrogens with two attached hydrogens (primary N) is 1. The molecule has 1 aromatic heterocycles. The van der Waals surface area contributed by atoms with Crippen molar-refractivity contribution >= 4 is 22.6 Å². The van der Waals surface area contributed by atoms with Crippen LogP contribution >= 0.6 is 0 Å². The van der Waals surface area contributed by atoms with Crippen molar-refractivity contribution in [1.29, 1.82) is 0 Å². The van der Waals surface area contributed by atoms with Gasteiger partial charge in [0, 0.05) is 5.39 Å². The summed E-state index contributed by atoms with van der Waals surface area (Å²) in [5, 5.41) is 0.493. The molecule has 2 aromatic rings. The number of alkyl halides is 2. The Kier molecular flexibility index (Phi) is 3.33. The fourth-order valence-corrected chi connectivity index (χ4v) is 2.02. The predicted octanol–water partition coefficient (Wildman–Crippen LogP) is 2.85. The van der Waals surface area contributed by atoms with Crippen molar-refractivity contribution < 1.29 is 18.3 Å². The molecule has 2 rings (SSSR count). The van der Waals surface area contributed by atoms with E-state index in [1.54, 1.807) is 25.1 Å². The molecule has 0 fully saturated rings. The molecule has 0 bridgehead atoms. The number of methoxy groups -OCH3 is 1. The molecule has 1 aromatic carbocycles.